The first-order valence-electron chi connectivity index (χ1n) is 3.12. The van der Waals surface area contributed by atoms with Gasteiger partial charge >= 0.3 is 0 Å². The number of hydrogen-bond acceptors (Lipinski definition) is 1. The van der Waals surface area contributed by atoms with E-state index in [1.165, 1.54) is 0 Å². The Balaban J connectivity index is 3.68. The lowest BCUT2D eigenvalue weighted by Crippen LogP contribution is -2.08. The third-order valence-electron chi connectivity index (χ3n) is 1.42. The van der Waals surface area contributed by atoms with Crippen LogP contribution in [-0.4, -0.2) is 4.20 Å². The van der Waals surface area contributed by atoms with Gasteiger partial charge in [0.05, 0.1) is 9.76 Å². The van der Waals surface area contributed by atoms with Gasteiger partial charge in [-0.2, -0.15) is 0 Å². The van der Waals surface area contributed by atoms with Crippen LogP contribution >= 0.6 is 24.8 Å². The Bertz CT molecular complexity index is 386. The molecule has 0 aliphatic carbocycles. The summed E-state index contributed by atoms with van der Waals surface area (Å²) in [6.45, 7) is 0. The van der Waals surface area contributed by atoms with Crippen LogP contribution in [0.25, 0.3) is 0 Å². The van der Waals surface area contributed by atoms with Gasteiger partial charge < -0.3 is 0 Å². The smallest absolute Gasteiger partial charge is 0.200 e. The number of benzene rings is 1. The van der Waals surface area contributed by atoms with Gasteiger partial charge in [-0.25, -0.2) is 22.0 Å². The molecule has 1 rings (SSSR count). The van der Waals surface area contributed by atoms with Crippen molar-refractivity contribution in [3.05, 3.63) is 34.6 Å². The molecule has 0 fully saturated rings. The highest BCUT2D eigenvalue weighted by Gasteiger charge is 2.26. The van der Waals surface area contributed by atoms with Crippen molar-refractivity contribution in [3.63, 3.8) is 0 Å². The molecule has 1 aromatic rings. The molecule has 0 aromatic heterocycles. The first-order chi connectivity index (χ1) is 6.37. The van der Waals surface area contributed by atoms with Gasteiger partial charge in [0.15, 0.2) is 23.3 Å². The van der Waals surface area contributed by atoms with Crippen LogP contribution in [0.2, 0.25) is 0 Å². The summed E-state index contributed by atoms with van der Waals surface area (Å²) >= 11 is 7.58. The van der Waals surface area contributed by atoms with E-state index in [9.17, 15) is 22.0 Å². The van der Waals surface area contributed by atoms with Gasteiger partial charge in [-0.15, -0.1) is 12.6 Å². The topological polar surface area (TPSA) is 0 Å². The average Bonchev–Trinajstić information content (AvgIpc) is 2.11. The lowest BCUT2D eigenvalue weighted by atomic mass is 10.2. The molecule has 0 radical (unpaired) electrons. The van der Waals surface area contributed by atoms with E-state index in [4.69, 9.17) is 0 Å². The van der Waals surface area contributed by atoms with Crippen molar-refractivity contribution in [3.8, 4) is 0 Å². The highest BCUT2D eigenvalue weighted by molar-refractivity contribution is 8.11. The minimum atomic E-state index is -2.21. The Morgan fingerprint density at radius 2 is 1.07 bits per heavy atom. The van der Waals surface area contributed by atoms with E-state index >= 15 is 0 Å². The predicted molar refractivity (Wildman–Crippen MR) is 46.9 cm³/mol. The first-order valence-corrected chi connectivity index (χ1v) is 3.98. The van der Waals surface area contributed by atoms with Crippen LogP contribution in [0.1, 0.15) is 5.56 Å². The highest BCUT2D eigenvalue weighted by Crippen LogP contribution is 2.24. The predicted octanol–water partition coefficient (Wildman–Crippen LogP) is 2.99. The summed E-state index contributed by atoms with van der Waals surface area (Å²) < 4.78 is 62.4. The van der Waals surface area contributed by atoms with Crippen molar-refractivity contribution in [1.29, 1.82) is 0 Å². The zero-order valence-corrected chi connectivity index (χ0v) is 7.96. The molecule has 0 atom stereocenters. The maximum Gasteiger partial charge on any atom is 0.200 e. The summed E-state index contributed by atoms with van der Waals surface area (Å²) in [4.78, 5) is 0. The van der Waals surface area contributed by atoms with Crippen molar-refractivity contribution in [2.24, 2.45) is 0 Å². The molecule has 0 heterocycles. The van der Waals surface area contributed by atoms with Crippen molar-refractivity contribution in [2.45, 2.75) is 0 Å². The quantitative estimate of drug-likeness (QED) is 0.260. The Hall–Kier alpha value is -0.690. The van der Waals surface area contributed by atoms with E-state index in [1.54, 1.807) is 0 Å². The monoisotopic (exact) mass is 244 g/mol. The van der Waals surface area contributed by atoms with Crippen molar-refractivity contribution in [1.82, 2.24) is 0 Å². The van der Waals surface area contributed by atoms with Gasteiger partial charge in [-0.1, -0.05) is 12.2 Å². The second-order valence-corrected chi connectivity index (χ2v) is 3.41. The van der Waals surface area contributed by atoms with Gasteiger partial charge in [0.2, 0.25) is 5.82 Å². The van der Waals surface area contributed by atoms with E-state index < -0.39 is 38.8 Å². The summed E-state index contributed by atoms with van der Waals surface area (Å²) in [5.74, 6) is -10.2. The average molecular weight is 244 g/mol. The molecular weight excluding hydrogens is 243 g/mol. The van der Waals surface area contributed by atoms with Crippen LogP contribution in [0.4, 0.5) is 22.0 Å². The minimum Gasteiger partial charge on any atom is -0.203 e. The van der Waals surface area contributed by atoms with E-state index in [2.05, 4.69) is 24.8 Å². The third kappa shape index (κ3) is 1.61. The highest BCUT2D eigenvalue weighted by atomic mass is 32.1. The summed E-state index contributed by atoms with van der Waals surface area (Å²) in [6, 6.07) is 0. The van der Waals surface area contributed by atoms with Crippen LogP contribution in [0.15, 0.2) is 0 Å². The molecule has 1 aromatic carbocycles. The third-order valence-corrected chi connectivity index (χ3v) is 1.85. The molecule has 0 aliphatic heterocycles. The van der Waals surface area contributed by atoms with Crippen LogP contribution < -0.4 is 0 Å². The lowest BCUT2D eigenvalue weighted by Gasteiger charge is -2.05. The van der Waals surface area contributed by atoms with Crippen LogP contribution in [-0.2, 0) is 0 Å². The molecule has 0 aliphatic rings. The molecule has 0 N–H and O–H groups in total. The molecule has 0 bridgehead atoms. The first kappa shape index (κ1) is 11.4. The number of thiol groups is 1. The van der Waals surface area contributed by atoms with E-state index in [0.29, 0.717) is 0 Å². The molecule has 14 heavy (non-hydrogen) atoms. The standard InChI is InChI=1S/C7HF5S2/c8-2-1(7(13)14)3(9)5(11)6(12)4(2)10/h(H,13,14). The summed E-state index contributed by atoms with van der Waals surface area (Å²) in [7, 11) is 0. The van der Waals surface area contributed by atoms with Gasteiger partial charge in [-0.3, -0.25) is 0 Å². The number of halogens is 5. The molecule has 0 saturated carbocycles. The van der Waals surface area contributed by atoms with Gasteiger partial charge in [-0.05, 0) is 0 Å². The Kier molecular flexibility index (Phi) is 3.10. The van der Waals surface area contributed by atoms with E-state index in [0.717, 1.165) is 0 Å². The second-order valence-electron chi connectivity index (χ2n) is 2.25. The molecule has 0 nitrogen and oxygen atoms in total. The molecule has 0 saturated heterocycles. The number of hydrogen-bond donors (Lipinski definition) is 1. The largest absolute Gasteiger partial charge is 0.203 e. The SMILES string of the molecule is Fc1c(F)c(F)c(C(=S)S)c(F)c1F. The van der Waals surface area contributed by atoms with Crippen molar-refractivity contribution >= 4 is 29.0 Å². The van der Waals surface area contributed by atoms with Crippen LogP contribution in [0.5, 0.6) is 0 Å². The fraction of sp³-hybridized carbons (Fsp3) is 0. The molecule has 7 heteroatoms. The minimum absolute atomic E-state index is 0.696. The fourth-order valence-electron chi connectivity index (χ4n) is 0.793. The van der Waals surface area contributed by atoms with E-state index in [1.807, 2.05) is 0 Å². The van der Waals surface area contributed by atoms with Crippen molar-refractivity contribution < 1.29 is 22.0 Å². The zero-order valence-electron chi connectivity index (χ0n) is 6.25. The summed E-state index contributed by atoms with van der Waals surface area (Å²) in [5, 5.41) is 0. The van der Waals surface area contributed by atoms with Gasteiger partial charge in [0.25, 0.3) is 0 Å². The number of thiocarbonyl (C=S) groups is 1. The maximum atomic E-state index is 12.8. The molecule has 0 unspecified atom stereocenters. The maximum absolute atomic E-state index is 12.8. The fourth-order valence-corrected chi connectivity index (χ4v) is 1.17. The molecular formula is C7HF5S2. The Morgan fingerprint density at radius 1 is 0.786 bits per heavy atom. The van der Waals surface area contributed by atoms with Gasteiger partial charge in [0, 0.05) is 0 Å². The van der Waals surface area contributed by atoms with E-state index in [-0.39, 0.29) is 0 Å². The lowest BCUT2D eigenvalue weighted by molar-refractivity contribution is 0.377. The Morgan fingerprint density at radius 3 is 1.36 bits per heavy atom. The summed E-state index contributed by atoms with van der Waals surface area (Å²) in [6.07, 6.45) is 0. The van der Waals surface area contributed by atoms with Crippen LogP contribution in [0, 0.1) is 29.1 Å². The molecule has 76 valence electrons. The second kappa shape index (κ2) is 3.82. The normalized spacial score (nSPS) is 10.4. The molecule has 0 spiro atoms. The van der Waals surface area contributed by atoms with Gasteiger partial charge in [0.1, 0.15) is 0 Å². The zero-order chi connectivity index (χ0) is 11.0. The van der Waals surface area contributed by atoms with Crippen molar-refractivity contribution in [2.75, 3.05) is 0 Å². The summed E-state index contributed by atoms with van der Waals surface area (Å²) in [5.41, 5.74) is -1.18. The number of rotatable bonds is 1. The molecule has 0 amide bonds. The van der Waals surface area contributed by atoms with Crippen LogP contribution in [0.3, 0.4) is 0 Å². The Labute approximate surface area is 86.1 Å².